The second-order valence-corrected chi connectivity index (χ2v) is 6.97. The molecule has 0 spiro atoms. The number of aromatic nitrogens is 1. The van der Waals surface area contributed by atoms with Crippen LogP contribution >= 0.6 is 11.5 Å². The monoisotopic (exact) mass is 374 g/mol. The van der Waals surface area contributed by atoms with Crippen LogP contribution in [0.25, 0.3) is 0 Å². The maximum absolute atomic E-state index is 12.4. The number of rotatable bonds is 5. The van der Waals surface area contributed by atoms with Gasteiger partial charge in [0.25, 0.3) is 0 Å². The van der Waals surface area contributed by atoms with Crippen LogP contribution in [-0.4, -0.2) is 41.0 Å². The predicted octanol–water partition coefficient (Wildman–Crippen LogP) is 3.84. The van der Waals surface area contributed by atoms with Crippen LogP contribution in [0.15, 0.2) is 36.4 Å². The smallest absolute Gasteiger partial charge is 0.410 e. The molecule has 2 aromatic rings. The number of amides is 1. The lowest BCUT2D eigenvalue weighted by molar-refractivity contribution is 0.0531. The van der Waals surface area contributed by atoms with Crippen molar-refractivity contribution in [1.82, 2.24) is 9.27 Å². The van der Waals surface area contributed by atoms with Crippen LogP contribution in [0.1, 0.15) is 46.6 Å². The normalized spacial score (nSPS) is 17.0. The molecule has 0 bridgehead atoms. The molecule has 0 radical (unpaired) electrons. The van der Waals surface area contributed by atoms with Crippen molar-refractivity contribution in [1.29, 1.82) is 0 Å². The minimum absolute atomic E-state index is 0.118. The number of likely N-dealkylation sites (tertiary alicyclic amines) is 1. The van der Waals surface area contributed by atoms with Crippen molar-refractivity contribution in [2.45, 2.75) is 32.3 Å². The molecule has 6 nitrogen and oxygen atoms in total. The Kier molecular flexibility index (Phi) is 6.22. The molecule has 3 rings (SSSR count). The van der Waals surface area contributed by atoms with E-state index in [1.54, 1.807) is 17.9 Å². The Bertz CT molecular complexity index is 747. The van der Waals surface area contributed by atoms with Crippen molar-refractivity contribution < 1.29 is 19.1 Å². The molecule has 1 amide bonds. The van der Waals surface area contributed by atoms with Crippen molar-refractivity contribution in [3.8, 4) is 0 Å². The zero-order valence-corrected chi connectivity index (χ0v) is 15.5. The Labute approximate surface area is 156 Å². The minimum atomic E-state index is -0.341. The van der Waals surface area contributed by atoms with Gasteiger partial charge in [-0.15, -0.1) is 0 Å². The predicted molar refractivity (Wildman–Crippen MR) is 98.2 cm³/mol. The van der Waals surface area contributed by atoms with E-state index in [9.17, 15) is 9.59 Å². The Balaban J connectivity index is 1.57. The lowest BCUT2D eigenvalue weighted by atomic mass is 9.95. The fourth-order valence-corrected chi connectivity index (χ4v) is 3.69. The van der Waals surface area contributed by atoms with E-state index in [4.69, 9.17) is 9.47 Å². The molecule has 1 saturated heterocycles. The van der Waals surface area contributed by atoms with E-state index in [0.29, 0.717) is 24.6 Å². The summed E-state index contributed by atoms with van der Waals surface area (Å²) in [6.45, 7) is 3.62. The second-order valence-electron chi connectivity index (χ2n) is 6.16. The summed E-state index contributed by atoms with van der Waals surface area (Å²) in [4.78, 5) is 26.4. The molecule has 0 saturated carbocycles. The molecule has 1 fully saturated rings. The number of nitrogens with zero attached hydrogens (tertiary/aromatic N) is 2. The van der Waals surface area contributed by atoms with E-state index in [1.165, 1.54) is 0 Å². The van der Waals surface area contributed by atoms with E-state index in [-0.39, 0.29) is 24.6 Å². The highest BCUT2D eigenvalue weighted by Crippen LogP contribution is 2.28. The van der Waals surface area contributed by atoms with Crippen LogP contribution in [0.4, 0.5) is 4.79 Å². The first-order valence-corrected chi connectivity index (χ1v) is 9.54. The van der Waals surface area contributed by atoms with Crippen LogP contribution < -0.4 is 0 Å². The van der Waals surface area contributed by atoms with Crippen molar-refractivity contribution >= 4 is 23.6 Å². The Hall–Kier alpha value is -2.41. The van der Waals surface area contributed by atoms with Crippen LogP contribution in [-0.2, 0) is 16.1 Å². The number of benzene rings is 1. The SMILES string of the molecule is CCOC(=O)c1cc(C2CCCN(C(=O)OCc3ccccc3)C2)ns1. The summed E-state index contributed by atoms with van der Waals surface area (Å²) < 4.78 is 14.8. The van der Waals surface area contributed by atoms with Gasteiger partial charge in [0.2, 0.25) is 0 Å². The van der Waals surface area contributed by atoms with Gasteiger partial charge in [-0.3, -0.25) is 0 Å². The number of esters is 1. The first-order chi connectivity index (χ1) is 12.7. The highest BCUT2D eigenvalue weighted by Gasteiger charge is 2.28. The average molecular weight is 374 g/mol. The third-order valence-electron chi connectivity index (χ3n) is 4.31. The molecule has 1 aliphatic rings. The molecule has 1 aromatic heterocycles. The van der Waals surface area contributed by atoms with Gasteiger partial charge in [0.15, 0.2) is 0 Å². The quantitative estimate of drug-likeness (QED) is 0.744. The summed E-state index contributed by atoms with van der Waals surface area (Å²) in [6.07, 6.45) is 1.52. The molecule has 1 atom stereocenters. The number of carbonyl (C=O) groups excluding carboxylic acids is 2. The molecule has 1 unspecified atom stereocenters. The van der Waals surface area contributed by atoms with Crippen molar-refractivity contribution in [2.75, 3.05) is 19.7 Å². The van der Waals surface area contributed by atoms with E-state index in [1.807, 2.05) is 30.3 Å². The van der Waals surface area contributed by atoms with Gasteiger partial charge in [-0.1, -0.05) is 30.3 Å². The molecule has 26 heavy (non-hydrogen) atoms. The molecule has 138 valence electrons. The van der Waals surface area contributed by atoms with Gasteiger partial charge in [0, 0.05) is 19.0 Å². The summed E-state index contributed by atoms with van der Waals surface area (Å²) in [5, 5.41) is 0. The van der Waals surface area contributed by atoms with E-state index < -0.39 is 0 Å². The third kappa shape index (κ3) is 4.60. The summed E-state index contributed by atoms with van der Waals surface area (Å²) in [6, 6.07) is 11.4. The van der Waals surface area contributed by atoms with Crippen LogP contribution in [0.3, 0.4) is 0 Å². The zero-order chi connectivity index (χ0) is 18.4. The average Bonchev–Trinajstić information content (AvgIpc) is 3.18. The number of ether oxygens (including phenoxy) is 2. The number of carbonyl (C=O) groups is 2. The van der Waals surface area contributed by atoms with Gasteiger partial charge in [0.05, 0.1) is 12.3 Å². The van der Waals surface area contributed by atoms with Crippen LogP contribution in [0.5, 0.6) is 0 Å². The third-order valence-corrected chi connectivity index (χ3v) is 5.09. The lowest BCUT2D eigenvalue weighted by Crippen LogP contribution is -2.39. The standard InChI is InChI=1S/C19H22N2O4S/c1-2-24-18(22)17-11-16(20-26-17)15-9-6-10-21(12-15)19(23)25-13-14-7-4-3-5-8-14/h3-5,7-8,11,15H,2,6,9-10,12-13H2,1H3. The first-order valence-electron chi connectivity index (χ1n) is 8.76. The second kappa shape index (κ2) is 8.80. The molecule has 1 aliphatic heterocycles. The first kappa shape index (κ1) is 18.4. The molecular weight excluding hydrogens is 352 g/mol. The fraction of sp³-hybridized carbons (Fsp3) is 0.421. The van der Waals surface area contributed by atoms with Gasteiger partial charge >= 0.3 is 12.1 Å². The maximum atomic E-state index is 12.4. The molecule has 0 N–H and O–H groups in total. The Morgan fingerprint density at radius 2 is 2.08 bits per heavy atom. The molecule has 1 aromatic carbocycles. The lowest BCUT2D eigenvalue weighted by Gasteiger charge is -2.31. The summed E-state index contributed by atoms with van der Waals surface area (Å²) in [5.41, 5.74) is 1.81. The Morgan fingerprint density at radius 1 is 1.27 bits per heavy atom. The van der Waals surface area contributed by atoms with Gasteiger partial charge < -0.3 is 14.4 Å². The van der Waals surface area contributed by atoms with E-state index >= 15 is 0 Å². The largest absolute Gasteiger partial charge is 0.462 e. The van der Waals surface area contributed by atoms with Crippen LogP contribution in [0.2, 0.25) is 0 Å². The summed E-state index contributed by atoms with van der Waals surface area (Å²) in [7, 11) is 0. The van der Waals surface area contributed by atoms with Gasteiger partial charge in [-0.05, 0) is 42.9 Å². The van der Waals surface area contributed by atoms with Gasteiger partial charge in [-0.2, -0.15) is 4.37 Å². The maximum Gasteiger partial charge on any atom is 0.410 e. The zero-order valence-electron chi connectivity index (χ0n) is 14.7. The highest BCUT2D eigenvalue weighted by atomic mass is 32.1. The molecule has 2 heterocycles. The van der Waals surface area contributed by atoms with Crippen LogP contribution in [0, 0.1) is 0 Å². The van der Waals surface area contributed by atoms with Crippen molar-refractivity contribution in [3.63, 3.8) is 0 Å². The van der Waals surface area contributed by atoms with Gasteiger partial charge in [-0.25, -0.2) is 9.59 Å². The minimum Gasteiger partial charge on any atom is -0.462 e. The number of piperidine rings is 1. The number of hydrogen-bond acceptors (Lipinski definition) is 6. The fourth-order valence-electron chi connectivity index (χ4n) is 2.97. The molecule has 7 heteroatoms. The number of hydrogen-bond donors (Lipinski definition) is 0. The van der Waals surface area contributed by atoms with Crippen molar-refractivity contribution in [2.24, 2.45) is 0 Å². The van der Waals surface area contributed by atoms with Gasteiger partial charge in [0.1, 0.15) is 11.5 Å². The summed E-state index contributed by atoms with van der Waals surface area (Å²) >= 11 is 1.15. The molecule has 0 aliphatic carbocycles. The highest BCUT2D eigenvalue weighted by molar-refractivity contribution is 7.08. The van der Waals surface area contributed by atoms with E-state index in [0.717, 1.165) is 35.6 Å². The van der Waals surface area contributed by atoms with E-state index in [2.05, 4.69) is 4.37 Å². The Morgan fingerprint density at radius 3 is 2.85 bits per heavy atom. The summed E-state index contributed by atoms with van der Waals surface area (Å²) in [5.74, 6) is -0.223. The molecular formula is C19H22N2O4S. The van der Waals surface area contributed by atoms with Crippen molar-refractivity contribution in [3.05, 3.63) is 52.5 Å². The topological polar surface area (TPSA) is 68.7 Å².